The van der Waals surface area contributed by atoms with Gasteiger partial charge in [0.15, 0.2) is 0 Å². The molecule has 33 heavy (non-hydrogen) atoms. The Labute approximate surface area is 195 Å². The van der Waals surface area contributed by atoms with Crippen molar-refractivity contribution in [2.24, 2.45) is 0 Å². The van der Waals surface area contributed by atoms with E-state index in [1.165, 1.54) is 16.0 Å². The molecular formula is C29H29NO3. The van der Waals surface area contributed by atoms with Crippen molar-refractivity contribution in [2.45, 2.75) is 45.6 Å². The van der Waals surface area contributed by atoms with Crippen molar-refractivity contribution < 1.29 is 14.7 Å². The zero-order chi connectivity index (χ0) is 23.4. The summed E-state index contributed by atoms with van der Waals surface area (Å²) >= 11 is 0. The third-order valence-electron chi connectivity index (χ3n) is 6.23. The van der Waals surface area contributed by atoms with Crippen LogP contribution in [0.4, 0.5) is 5.69 Å². The Morgan fingerprint density at radius 1 is 0.848 bits per heavy atom. The van der Waals surface area contributed by atoms with E-state index in [2.05, 4.69) is 13.8 Å². The Balaban J connectivity index is 1.84. The molecule has 0 aromatic heterocycles. The number of anilines is 1. The van der Waals surface area contributed by atoms with Crippen LogP contribution < -0.4 is 4.90 Å². The molecule has 0 aliphatic carbocycles. The SMILES string of the molecule is CCCCc1ccc(N2C(=O)C(=O)/C(=C(/O)c3ccccc3)C2c2ccc(CC)cc2)cc1. The molecule has 1 N–H and O–H groups in total. The number of nitrogens with zero attached hydrogens (tertiary/aromatic N) is 1. The molecule has 3 aromatic rings. The van der Waals surface area contributed by atoms with Crippen LogP contribution in [0.1, 0.15) is 55.0 Å². The molecule has 1 aliphatic rings. The van der Waals surface area contributed by atoms with Crippen LogP contribution in [0.25, 0.3) is 5.76 Å². The monoisotopic (exact) mass is 439 g/mol. The second-order valence-corrected chi connectivity index (χ2v) is 8.40. The second-order valence-electron chi connectivity index (χ2n) is 8.40. The van der Waals surface area contributed by atoms with E-state index >= 15 is 0 Å². The van der Waals surface area contributed by atoms with Crippen molar-refractivity contribution in [1.29, 1.82) is 0 Å². The fourth-order valence-electron chi connectivity index (χ4n) is 4.31. The average Bonchev–Trinajstić information content (AvgIpc) is 3.13. The van der Waals surface area contributed by atoms with E-state index in [0.29, 0.717) is 11.3 Å². The lowest BCUT2D eigenvalue weighted by atomic mass is 9.94. The first kappa shape index (κ1) is 22.5. The molecule has 1 heterocycles. The lowest BCUT2D eigenvalue weighted by Crippen LogP contribution is -2.29. The molecule has 1 amide bonds. The smallest absolute Gasteiger partial charge is 0.300 e. The van der Waals surface area contributed by atoms with Crippen LogP contribution >= 0.6 is 0 Å². The Kier molecular flexibility index (Phi) is 6.74. The Bertz CT molecular complexity index is 1160. The van der Waals surface area contributed by atoms with Gasteiger partial charge in [0.2, 0.25) is 0 Å². The molecule has 0 spiro atoms. The molecular weight excluding hydrogens is 410 g/mol. The average molecular weight is 440 g/mol. The van der Waals surface area contributed by atoms with Crippen LogP contribution in [0.2, 0.25) is 0 Å². The molecule has 4 rings (SSSR count). The fraction of sp³-hybridized carbons (Fsp3) is 0.241. The number of benzene rings is 3. The molecule has 1 saturated heterocycles. The van der Waals surface area contributed by atoms with Gasteiger partial charge in [0, 0.05) is 11.3 Å². The summed E-state index contributed by atoms with van der Waals surface area (Å²) < 4.78 is 0. The van der Waals surface area contributed by atoms with E-state index in [1.807, 2.05) is 54.6 Å². The quantitative estimate of drug-likeness (QED) is 0.270. The highest BCUT2D eigenvalue weighted by Crippen LogP contribution is 2.42. The number of aliphatic hydroxyl groups excluding tert-OH is 1. The molecule has 0 radical (unpaired) electrons. The third-order valence-corrected chi connectivity index (χ3v) is 6.23. The second kappa shape index (κ2) is 9.86. The first-order valence-corrected chi connectivity index (χ1v) is 11.6. The van der Waals surface area contributed by atoms with Gasteiger partial charge in [-0.3, -0.25) is 14.5 Å². The molecule has 3 aromatic carbocycles. The summed E-state index contributed by atoms with van der Waals surface area (Å²) in [6.07, 6.45) is 4.09. The number of carbonyl (C=O) groups excluding carboxylic acids is 2. The molecule has 1 aliphatic heterocycles. The first-order valence-electron chi connectivity index (χ1n) is 11.6. The van der Waals surface area contributed by atoms with Crippen molar-refractivity contribution in [3.63, 3.8) is 0 Å². The van der Waals surface area contributed by atoms with Crippen LogP contribution in [0, 0.1) is 0 Å². The summed E-state index contributed by atoms with van der Waals surface area (Å²) in [6, 6.07) is 23.9. The predicted octanol–water partition coefficient (Wildman–Crippen LogP) is 6.22. The number of aliphatic hydroxyl groups is 1. The van der Waals surface area contributed by atoms with Crippen molar-refractivity contribution >= 4 is 23.1 Å². The number of unbranched alkanes of at least 4 members (excludes halogenated alkanes) is 1. The van der Waals surface area contributed by atoms with Gasteiger partial charge in [-0.2, -0.15) is 0 Å². The van der Waals surface area contributed by atoms with E-state index in [-0.39, 0.29) is 11.3 Å². The lowest BCUT2D eigenvalue weighted by Gasteiger charge is -2.26. The van der Waals surface area contributed by atoms with Gasteiger partial charge in [0.05, 0.1) is 11.6 Å². The summed E-state index contributed by atoms with van der Waals surface area (Å²) in [7, 11) is 0. The number of rotatable bonds is 7. The number of hydrogen-bond acceptors (Lipinski definition) is 3. The highest BCUT2D eigenvalue weighted by molar-refractivity contribution is 6.51. The normalized spacial score (nSPS) is 17.5. The fourth-order valence-corrected chi connectivity index (χ4v) is 4.31. The highest BCUT2D eigenvalue weighted by Gasteiger charge is 2.46. The summed E-state index contributed by atoms with van der Waals surface area (Å²) in [5.74, 6) is -1.45. The Morgan fingerprint density at radius 2 is 1.48 bits per heavy atom. The molecule has 1 unspecified atom stereocenters. The van der Waals surface area contributed by atoms with Gasteiger partial charge in [0.25, 0.3) is 11.7 Å². The highest BCUT2D eigenvalue weighted by atomic mass is 16.3. The van der Waals surface area contributed by atoms with Crippen molar-refractivity contribution in [3.05, 3.63) is 107 Å². The molecule has 1 fully saturated rings. The van der Waals surface area contributed by atoms with E-state index in [1.54, 1.807) is 24.3 Å². The van der Waals surface area contributed by atoms with Gasteiger partial charge < -0.3 is 5.11 Å². The third kappa shape index (κ3) is 4.47. The Hall–Kier alpha value is -3.66. The lowest BCUT2D eigenvalue weighted by molar-refractivity contribution is -0.132. The van der Waals surface area contributed by atoms with E-state index in [9.17, 15) is 14.7 Å². The number of ketones is 1. The maximum absolute atomic E-state index is 13.2. The molecule has 4 heteroatoms. The van der Waals surface area contributed by atoms with Crippen LogP contribution in [0.3, 0.4) is 0 Å². The minimum atomic E-state index is -0.697. The van der Waals surface area contributed by atoms with E-state index in [4.69, 9.17) is 0 Å². The van der Waals surface area contributed by atoms with Gasteiger partial charge in [-0.1, -0.05) is 87.0 Å². The number of carbonyl (C=O) groups is 2. The summed E-state index contributed by atoms with van der Waals surface area (Å²) in [5, 5.41) is 11.1. The van der Waals surface area contributed by atoms with Gasteiger partial charge in [-0.05, 0) is 48.1 Å². The topological polar surface area (TPSA) is 57.6 Å². The summed E-state index contributed by atoms with van der Waals surface area (Å²) in [4.78, 5) is 28.0. The van der Waals surface area contributed by atoms with Crippen molar-refractivity contribution in [3.8, 4) is 0 Å². The van der Waals surface area contributed by atoms with Gasteiger partial charge >= 0.3 is 0 Å². The largest absolute Gasteiger partial charge is 0.507 e. The van der Waals surface area contributed by atoms with Gasteiger partial charge in [0.1, 0.15) is 5.76 Å². The number of aryl methyl sites for hydroxylation is 2. The standard InChI is InChI=1S/C29H29NO3/c1-3-5-9-21-14-18-24(19-15-21)30-26(22-16-12-20(4-2)13-17-22)25(28(32)29(30)33)27(31)23-10-7-6-8-11-23/h6-8,10-19,26,31H,3-5,9H2,1-2H3/b27-25+. The molecule has 4 nitrogen and oxygen atoms in total. The first-order chi connectivity index (χ1) is 16.0. The minimum Gasteiger partial charge on any atom is -0.507 e. The molecule has 0 saturated carbocycles. The Morgan fingerprint density at radius 3 is 2.09 bits per heavy atom. The van der Waals surface area contributed by atoms with E-state index < -0.39 is 17.7 Å². The molecule has 168 valence electrons. The number of Topliss-reactive ketones (excluding diaryl/α,β-unsaturated/α-hetero) is 1. The number of hydrogen-bond donors (Lipinski definition) is 1. The zero-order valence-corrected chi connectivity index (χ0v) is 19.1. The maximum Gasteiger partial charge on any atom is 0.300 e. The summed E-state index contributed by atoms with van der Waals surface area (Å²) in [5.41, 5.74) is 4.43. The van der Waals surface area contributed by atoms with Crippen LogP contribution in [0.5, 0.6) is 0 Å². The molecule has 0 bridgehead atoms. The predicted molar refractivity (Wildman–Crippen MR) is 132 cm³/mol. The minimum absolute atomic E-state index is 0.116. The van der Waals surface area contributed by atoms with Crippen LogP contribution in [-0.2, 0) is 22.4 Å². The van der Waals surface area contributed by atoms with Crippen molar-refractivity contribution in [2.75, 3.05) is 4.90 Å². The van der Waals surface area contributed by atoms with Crippen LogP contribution in [0.15, 0.2) is 84.4 Å². The zero-order valence-electron chi connectivity index (χ0n) is 19.1. The van der Waals surface area contributed by atoms with Crippen molar-refractivity contribution in [1.82, 2.24) is 0 Å². The maximum atomic E-state index is 13.2. The van der Waals surface area contributed by atoms with E-state index in [0.717, 1.165) is 31.2 Å². The van der Waals surface area contributed by atoms with Gasteiger partial charge in [-0.15, -0.1) is 0 Å². The van der Waals surface area contributed by atoms with Gasteiger partial charge in [-0.25, -0.2) is 0 Å². The van der Waals surface area contributed by atoms with Crippen LogP contribution in [-0.4, -0.2) is 16.8 Å². The summed E-state index contributed by atoms with van der Waals surface area (Å²) in [6.45, 7) is 4.24. The number of amides is 1. The molecule has 1 atom stereocenters.